The number of nitrogens with one attached hydrogen (secondary N) is 2. The van der Waals surface area contributed by atoms with Crippen molar-refractivity contribution >= 4 is 12.0 Å². The van der Waals surface area contributed by atoms with Crippen molar-refractivity contribution in [3.8, 4) is 5.75 Å². The second-order valence-electron chi connectivity index (χ2n) is 4.70. The maximum Gasteiger partial charge on any atom is 0.321 e. The Bertz CT molecular complexity index is 420. The molecule has 0 bridgehead atoms. The van der Waals surface area contributed by atoms with E-state index in [-0.39, 0.29) is 12.0 Å². The lowest BCUT2D eigenvalue weighted by atomic mass is 10.4. The molecule has 7 nitrogen and oxygen atoms in total. The smallest absolute Gasteiger partial charge is 0.321 e. The van der Waals surface area contributed by atoms with Crippen molar-refractivity contribution < 1.29 is 14.3 Å². The Kier molecular flexibility index (Phi) is 5.55. The average Bonchev–Trinajstić information content (AvgIpc) is 3.27. The summed E-state index contributed by atoms with van der Waals surface area (Å²) in [5, 5.41) is 5.27. The Morgan fingerprint density at radius 1 is 1.40 bits per heavy atom. The van der Waals surface area contributed by atoms with Crippen LogP contribution in [0.2, 0.25) is 0 Å². The van der Waals surface area contributed by atoms with Crippen LogP contribution in [0.3, 0.4) is 0 Å². The van der Waals surface area contributed by atoms with Gasteiger partial charge in [-0.3, -0.25) is 5.32 Å². The predicted octanol–water partition coefficient (Wildman–Crippen LogP) is 1.42. The second-order valence-corrected chi connectivity index (χ2v) is 4.70. The van der Waals surface area contributed by atoms with E-state index in [0.29, 0.717) is 18.9 Å². The Morgan fingerprint density at radius 2 is 2.15 bits per heavy atom. The first-order chi connectivity index (χ1) is 9.78. The largest absolute Gasteiger partial charge is 0.494 e. The van der Waals surface area contributed by atoms with Gasteiger partial charge in [-0.05, 0) is 25.2 Å². The summed E-state index contributed by atoms with van der Waals surface area (Å²) in [4.78, 5) is 19.4. The summed E-state index contributed by atoms with van der Waals surface area (Å²) >= 11 is 0. The van der Waals surface area contributed by atoms with E-state index < -0.39 is 0 Å². The van der Waals surface area contributed by atoms with Crippen molar-refractivity contribution in [2.24, 2.45) is 5.92 Å². The van der Waals surface area contributed by atoms with Gasteiger partial charge in [-0.2, -0.15) is 0 Å². The van der Waals surface area contributed by atoms with E-state index in [4.69, 9.17) is 9.47 Å². The van der Waals surface area contributed by atoms with Crippen molar-refractivity contribution in [1.29, 1.82) is 0 Å². The molecule has 7 heteroatoms. The van der Waals surface area contributed by atoms with Crippen LogP contribution >= 0.6 is 0 Å². The van der Waals surface area contributed by atoms with E-state index in [9.17, 15) is 4.79 Å². The maximum absolute atomic E-state index is 11.5. The lowest BCUT2D eigenvalue weighted by molar-refractivity contribution is 0.122. The Morgan fingerprint density at radius 3 is 2.80 bits per heavy atom. The minimum atomic E-state index is -0.322. The van der Waals surface area contributed by atoms with E-state index in [1.807, 2.05) is 0 Å². The fraction of sp³-hybridized carbons (Fsp3) is 0.615. The van der Waals surface area contributed by atoms with Crippen molar-refractivity contribution in [2.45, 2.75) is 19.3 Å². The van der Waals surface area contributed by atoms with Gasteiger partial charge in [0.05, 0.1) is 19.5 Å². The van der Waals surface area contributed by atoms with Gasteiger partial charge >= 0.3 is 6.03 Å². The predicted molar refractivity (Wildman–Crippen MR) is 73.8 cm³/mol. The van der Waals surface area contributed by atoms with Crippen LogP contribution in [0.25, 0.3) is 0 Å². The van der Waals surface area contributed by atoms with Crippen LogP contribution in [0.15, 0.2) is 12.4 Å². The van der Waals surface area contributed by atoms with Gasteiger partial charge in [-0.25, -0.2) is 14.8 Å². The third-order valence-electron chi connectivity index (χ3n) is 2.89. The standard InChI is InChI=1S/C13H20N4O3/c1-19-11-7-15-12(16-8-11)17-13(18)14-5-2-6-20-9-10-3-4-10/h7-8,10H,2-6,9H2,1H3,(H2,14,15,16,17,18). The lowest BCUT2D eigenvalue weighted by Gasteiger charge is -2.07. The highest BCUT2D eigenvalue weighted by molar-refractivity contribution is 5.87. The highest BCUT2D eigenvalue weighted by atomic mass is 16.5. The van der Waals surface area contributed by atoms with Gasteiger partial charge in [-0.1, -0.05) is 0 Å². The number of ether oxygens (including phenoxy) is 2. The molecule has 0 aromatic carbocycles. The number of carbonyl (C=O) groups is 1. The first kappa shape index (κ1) is 14.5. The molecule has 20 heavy (non-hydrogen) atoms. The van der Waals surface area contributed by atoms with Crippen LogP contribution in [0.1, 0.15) is 19.3 Å². The molecule has 0 spiro atoms. The van der Waals surface area contributed by atoms with Crippen LogP contribution < -0.4 is 15.4 Å². The molecule has 1 aromatic heterocycles. The molecule has 1 fully saturated rings. The van der Waals surface area contributed by atoms with E-state index >= 15 is 0 Å². The topological polar surface area (TPSA) is 85.4 Å². The summed E-state index contributed by atoms with van der Waals surface area (Å²) in [6.45, 7) is 2.09. The van der Waals surface area contributed by atoms with E-state index in [1.165, 1.54) is 32.3 Å². The molecule has 2 amide bonds. The monoisotopic (exact) mass is 280 g/mol. The number of rotatable bonds is 8. The number of amides is 2. The van der Waals surface area contributed by atoms with Crippen molar-refractivity contribution in [3.05, 3.63) is 12.4 Å². The Balaban J connectivity index is 1.54. The molecule has 110 valence electrons. The van der Waals surface area contributed by atoms with Gasteiger partial charge in [0.1, 0.15) is 0 Å². The summed E-state index contributed by atoms with van der Waals surface area (Å²) in [5.74, 6) is 1.57. The minimum Gasteiger partial charge on any atom is -0.494 e. The SMILES string of the molecule is COc1cnc(NC(=O)NCCCOCC2CC2)nc1. The molecule has 1 saturated carbocycles. The molecule has 0 radical (unpaired) electrons. The van der Waals surface area contributed by atoms with E-state index in [1.54, 1.807) is 0 Å². The van der Waals surface area contributed by atoms with Crippen LogP contribution in [0, 0.1) is 5.92 Å². The molecule has 2 N–H and O–H groups in total. The molecule has 1 aliphatic carbocycles. The van der Waals surface area contributed by atoms with Crippen molar-refractivity contribution in [3.63, 3.8) is 0 Å². The van der Waals surface area contributed by atoms with Gasteiger partial charge in [0.25, 0.3) is 0 Å². The van der Waals surface area contributed by atoms with Crippen LogP contribution in [0.5, 0.6) is 5.75 Å². The number of aromatic nitrogens is 2. The third kappa shape index (κ3) is 5.40. The van der Waals surface area contributed by atoms with Gasteiger partial charge in [0.15, 0.2) is 5.75 Å². The first-order valence-corrected chi connectivity index (χ1v) is 6.76. The summed E-state index contributed by atoms with van der Waals surface area (Å²) < 4.78 is 10.4. The molecule has 2 rings (SSSR count). The first-order valence-electron chi connectivity index (χ1n) is 6.76. The number of methoxy groups -OCH3 is 1. The molecule has 1 aliphatic rings. The zero-order chi connectivity index (χ0) is 14.2. The van der Waals surface area contributed by atoms with E-state index in [0.717, 1.165) is 18.9 Å². The Labute approximate surface area is 118 Å². The fourth-order valence-electron chi connectivity index (χ4n) is 1.54. The Hall–Kier alpha value is -1.89. The highest BCUT2D eigenvalue weighted by Gasteiger charge is 2.20. The number of nitrogens with zero attached hydrogens (tertiary/aromatic N) is 2. The highest BCUT2D eigenvalue weighted by Crippen LogP contribution is 2.28. The molecular weight excluding hydrogens is 260 g/mol. The number of anilines is 1. The molecule has 1 aromatic rings. The maximum atomic E-state index is 11.5. The number of carbonyl (C=O) groups excluding carboxylic acids is 1. The van der Waals surface area contributed by atoms with Gasteiger partial charge in [-0.15, -0.1) is 0 Å². The number of hydrogen-bond acceptors (Lipinski definition) is 5. The van der Waals surface area contributed by atoms with Gasteiger partial charge in [0, 0.05) is 19.8 Å². The fourth-order valence-corrected chi connectivity index (χ4v) is 1.54. The average molecular weight is 280 g/mol. The third-order valence-corrected chi connectivity index (χ3v) is 2.89. The van der Waals surface area contributed by atoms with Crippen molar-refractivity contribution in [2.75, 3.05) is 32.2 Å². The van der Waals surface area contributed by atoms with Gasteiger partial charge in [0.2, 0.25) is 5.95 Å². The quantitative estimate of drug-likeness (QED) is 0.703. The summed E-state index contributed by atoms with van der Waals surface area (Å²) in [5.41, 5.74) is 0. The van der Waals surface area contributed by atoms with Crippen LogP contribution in [0.4, 0.5) is 10.7 Å². The zero-order valence-corrected chi connectivity index (χ0v) is 11.6. The second kappa shape index (κ2) is 7.64. The van der Waals surface area contributed by atoms with Gasteiger partial charge < -0.3 is 14.8 Å². The number of hydrogen-bond donors (Lipinski definition) is 2. The molecule has 0 aliphatic heterocycles. The van der Waals surface area contributed by atoms with E-state index in [2.05, 4.69) is 20.6 Å². The minimum absolute atomic E-state index is 0.244. The number of urea groups is 1. The zero-order valence-electron chi connectivity index (χ0n) is 11.6. The summed E-state index contributed by atoms with van der Waals surface area (Å²) in [6, 6.07) is -0.322. The van der Waals surface area contributed by atoms with Crippen LogP contribution in [-0.2, 0) is 4.74 Å². The summed E-state index contributed by atoms with van der Waals surface area (Å²) in [6.07, 6.45) is 6.37. The molecule has 0 saturated heterocycles. The molecule has 0 atom stereocenters. The lowest BCUT2D eigenvalue weighted by Crippen LogP contribution is -2.30. The summed E-state index contributed by atoms with van der Waals surface area (Å²) in [7, 11) is 1.53. The molecular formula is C13H20N4O3. The van der Waals surface area contributed by atoms with Crippen LogP contribution in [-0.4, -0.2) is 42.9 Å². The normalized spacial score (nSPS) is 13.8. The van der Waals surface area contributed by atoms with Crippen molar-refractivity contribution in [1.82, 2.24) is 15.3 Å². The molecule has 0 unspecified atom stereocenters. The molecule has 1 heterocycles.